The fourth-order valence-corrected chi connectivity index (χ4v) is 4.95. The van der Waals surface area contributed by atoms with Gasteiger partial charge in [-0.2, -0.15) is 4.31 Å². The lowest BCUT2D eigenvalue weighted by atomic mass is 10.1. The molecule has 1 heterocycles. The Labute approximate surface area is 181 Å². The van der Waals surface area contributed by atoms with Crippen molar-refractivity contribution in [3.63, 3.8) is 0 Å². The second-order valence-corrected chi connectivity index (χ2v) is 9.59. The van der Waals surface area contributed by atoms with Crippen molar-refractivity contribution in [2.75, 3.05) is 33.4 Å². The van der Waals surface area contributed by atoms with Crippen LogP contribution in [0.15, 0.2) is 41.3 Å². The summed E-state index contributed by atoms with van der Waals surface area (Å²) < 4.78 is 32.5. The Hall–Kier alpha value is -1.64. The Morgan fingerprint density at radius 2 is 1.86 bits per heavy atom. The standard InChI is InChI=1S/C20H22Cl2N2O4S/c1-14-6-7-16(29(26,27)24-8-10-28-11-9-24)12-17(14)20(25)23(2)13-15-4-3-5-18(21)19(15)22/h3-7,12H,8-11,13H2,1-2H3. The summed E-state index contributed by atoms with van der Waals surface area (Å²) in [6, 6.07) is 9.87. The lowest BCUT2D eigenvalue weighted by molar-refractivity contribution is 0.0730. The molecule has 2 aromatic carbocycles. The van der Waals surface area contributed by atoms with Crippen LogP contribution in [0.3, 0.4) is 0 Å². The van der Waals surface area contributed by atoms with Gasteiger partial charge < -0.3 is 9.64 Å². The number of ether oxygens (including phenoxy) is 1. The van der Waals surface area contributed by atoms with Crippen LogP contribution in [-0.4, -0.2) is 56.9 Å². The Balaban J connectivity index is 1.87. The number of hydrogen-bond donors (Lipinski definition) is 0. The third kappa shape index (κ3) is 4.75. The molecule has 1 aliphatic heterocycles. The summed E-state index contributed by atoms with van der Waals surface area (Å²) in [6.45, 7) is 3.34. The third-order valence-corrected chi connectivity index (χ3v) is 7.59. The number of aryl methyl sites for hydroxylation is 1. The van der Waals surface area contributed by atoms with Crippen molar-refractivity contribution >= 4 is 39.1 Å². The summed E-state index contributed by atoms with van der Waals surface area (Å²) in [7, 11) is -2.05. The van der Waals surface area contributed by atoms with Gasteiger partial charge in [-0.25, -0.2) is 8.42 Å². The normalized spacial score (nSPS) is 15.3. The van der Waals surface area contributed by atoms with E-state index in [9.17, 15) is 13.2 Å². The van der Waals surface area contributed by atoms with Gasteiger partial charge in [0, 0.05) is 32.2 Å². The van der Waals surface area contributed by atoms with Crippen LogP contribution in [0.1, 0.15) is 21.5 Å². The van der Waals surface area contributed by atoms with Gasteiger partial charge in [-0.3, -0.25) is 4.79 Å². The summed E-state index contributed by atoms with van der Waals surface area (Å²) >= 11 is 12.3. The number of halogens is 2. The Kier molecular flexibility index (Phi) is 6.86. The fraction of sp³-hybridized carbons (Fsp3) is 0.350. The second kappa shape index (κ2) is 9.02. The predicted molar refractivity (Wildman–Crippen MR) is 113 cm³/mol. The average Bonchev–Trinajstić information content (AvgIpc) is 2.71. The summed E-state index contributed by atoms with van der Waals surface area (Å²) in [5.74, 6) is -0.294. The van der Waals surface area contributed by atoms with E-state index in [-0.39, 0.29) is 17.3 Å². The van der Waals surface area contributed by atoms with E-state index in [1.54, 1.807) is 38.2 Å². The molecule has 0 aliphatic carbocycles. The first-order valence-corrected chi connectivity index (χ1v) is 11.3. The Morgan fingerprint density at radius 1 is 1.17 bits per heavy atom. The highest BCUT2D eigenvalue weighted by Gasteiger charge is 2.28. The quantitative estimate of drug-likeness (QED) is 0.689. The molecule has 0 aromatic heterocycles. The number of hydrogen-bond acceptors (Lipinski definition) is 4. The number of carbonyl (C=O) groups excluding carboxylic acids is 1. The van der Waals surface area contributed by atoms with Crippen LogP contribution in [0.4, 0.5) is 0 Å². The molecular formula is C20H22Cl2N2O4S. The number of benzene rings is 2. The minimum absolute atomic E-state index is 0.0996. The molecule has 1 saturated heterocycles. The van der Waals surface area contributed by atoms with E-state index in [2.05, 4.69) is 0 Å². The number of rotatable bonds is 5. The van der Waals surface area contributed by atoms with Crippen LogP contribution in [-0.2, 0) is 21.3 Å². The summed E-state index contributed by atoms with van der Waals surface area (Å²) in [4.78, 5) is 14.6. The lowest BCUT2D eigenvalue weighted by Crippen LogP contribution is -2.40. The fourth-order valence-electron chi connectivity index (χ4n) is 3.13. The van der Waals surface area contributed by atoms with Gasteiger partial charge in [-0.05, 0) is 36.2 Å². The van der Waals surface area contributed by atoms with E-state index in [0.29, 0.717) is 53.0 Å². The van der Waals surface area contributed by atoms with Gasteiger partial charge in [0.1, 0.15) is 0 Å². The molecule has 3 rings (SSSR count). The van der Waals surface area contributed by atoms with E-state index < -0.39 is 10.0 Å². The van der Waals surface area contributed by atoms with Gasteiger partial charge in [0.25, 0.3) is 5.91 Å². The molecule has 1 amide bonds. The van der Waals surface area contributed by atoms with Crippen molar-refractivity contribution in [1.29, 1.82) is 0 Å². The SMILES string of the molecule is Cc1ccc(S(=O)(=O)N2CCOCC2)cc1C(=O)N(C)Cc1cccc(Cl)c1Cl. The number of carbonyl (C=O) groups is 1. The smallest absolute Gasteiger partial charge is 0.254 e. The molecule has 9 heteroatoms. The lowest BCUT2D eigenvalue weighted by Gasteiger charge is -2.26. The summed E-state index contributed by atoms with van der Waals surface area (Å²) in [6.07, 6.45) is 0. The van der Waals surface area contributed by atoms with Gasteiger partial charge >= 0.3 is 0 Å². The minimum atomic E-state index is -3.69. The zero-order chi connectivity index (χ0) is 21.2. The molecule has 0 atom stereocenters. The first kappa shape index (κ1) is 22.1. The van der Waals surface area contributed by atoms with Crippen LogP contribution in [0.25, 0.3) is 0 Å². The maximum absolute atomic E-state index is 13.0. The topological polar surface area (TPSA) is 66.9 Å². The van der Waals surface area contributed by atoms with Crippen molar-refractivity contribution in [3.8, 4) is 0 Å². The third-order valence-electron chi connectivity index (χ3n) is 4.83. The number of morpholine rings is 1. The van der Waals surface area contributed by atoms with E-state index in [4.69, 9.17) is 27.9 Å². The van der Waals surface area contributed by atoms with Crippen LogP contribution in [0, 0.1) is 6.92 Å². The molecule has 0 N–H and O–H groups in total. The molecule has 0 radical (unpaired) electrons. The highest BCUT2D eigenvalue weighted by molar-refractivity contribution is 7.89. The van der Waals surface area contributed by atoms with E-state index in [1.807, 2.05) is 0 Å². The molecule has 1 aliphatic rings. The van der Waals surface area contributed by atoms with Gasteiger partial charge in [-0.1, -0.05) is 41.4 Å². The molecule has 156 valence electrons. The maximum atomic E-state index is 13.0. The van der Waals surface area contributed by atoms with E-state index >= 15 is 0 Å². The molecule has 0 spiro atoms. The Morgan fingerprint density at radius 3 is 2.55 bits per heavy atom. The summed E-state index contributed by atoms with van der Waals surface area (Å²) in [5, 5.41) is 0.814. The van der Waals surface area contributed by atoms with Crippen LogP contribution in [0.2, 0.25) is 10.0 Å². The molecule has 1 fully saturated rings. The predicted octanol–water partition coefficient (Wildman–Crippen LogP) is 3.59. The zero-order valence-electron chi connectivity index (χ0n) is 16.2. The molecular weight excluding hydrogens is 435 g/mol. The van der Waals surface area contributed by atoms with Gasteiger partial charge in [-0.15, -0.1) is 0 Å². The average molecular weight is 457 g/mol. The van der Waals surface area contributed by atoms with Crippen LogP contribution < -0.4 is 0 Å². The molecule has 0 saturated carbocycles. The van der Waals surface area contributed by atoms with Gasteiger partial charge in [0.15, 0.2) is 0 Å². The van der Waals surface area contributed by atoms with Crippen LogP contribution in [0.5, 0.6) is 0 Å². The number of amides is 1. The van der Waals surface area contributed by atoms with Gasteiger partial charge in [0.2, 0.25) is 10.0 Å². The largest absolute Gasteiger partial charge is 0.379 e. The highest BCUT2D eigenvalue weighted by Crippen LogP contribution is 2.27. The van der Waals surface area contributed by atoms with Crippen molar-refractivity contribution in [1.82, 2.24) is 9.21 Å². The minimum Gasteiger partial charge on any atom is -0.379 e. The molecule has 0 bridgehead atoms. The van der Waals surface area contributed by atoms with Crippen molar-refractivity contribution in [3.05, 3.63) is 63.1 Å². The zero-order valence-corrected chi connectivity index (χ0v) is 18.5. The monoisotopic (exact) mass is 456 g/mol. The first-order chi connectivity index (χ1) is 13.7. The van der Waals surface area contributed by atoms with E-state index in [1.165, 1.54) is 21.3 Å². The van der Waals surface area contributed by atoms with E-state index in [0.717, 1.165) is 0 Å². The van der Waals surface area contributed by atoms with Crippen molar-refractivity contribution in [2.45, 2.75) is 18.4 Å². The van der Waals surface area contributed by atoms with Crippen molar-refractivity contribution in [2.24, 2.45) is 0 Å². The highest BCUT2D eigenvalue weighted by atomic mass is 35.5. The number of sulfonamides is 1. The molecule has 0 unspecified atom stereocenters. The van der Waals surface area contributed by atoms with Crippen molar-refractivity contribution < 1.29 is 17.9 Å². The molecule has 6 nitrogen and oxygen atoms in total. The van der Waals surface area contributed by atoms with Crippen LogP contribution >= 0.6 is 23.2 Å². The number of nitrogens with zero attached hydrogens (tertiary/aromatic N) is 2. The molecule has 2 aromatic rings. The Bertz CT molecular complexity index is 1020. The second-order valence-electron chi connectivity index (χ2n) is 6.87. The molecule has 29 heavy (non-hydrogen) atoms. The van der Waals surface area contributed by atoms with Gasteiger partial charge in [0.05, 0.1) is 28.2 Å². The first-order valence-electron chi connectivity index (χ1n) is 9.08. The summed E-state index contributed by atoms with van der Waals surface area (Å²) in [5.41, 5.74) is 1.74. The maximum Gasteiger partial charge on any atom is 0.254 e.